The Morgan fingerprint density at radius 1 is 1.39 bits per heavy atom. The fraction of sp³-hybridized carbons (Fsp3) is 0.571. The van der Waals surface area contributed by atoms with Crippen LogP contribution >= 0.6 is 0 Å². The maximum atomic E-state index is 8.83. The number of nitrogen functional groups attached to an aromatic ring is 1. The molecular formula is C14H21N3O. The van der Waals surface area contributed by atoms with Gasteiger partial charge in [-0.3, -0.25) is 0 Å². The first-order valence-electron chi connectivity index (χ1n) is 6.50. The smallest absolute Gasteiger partial charge is 0.214 e. The van der Waals surface area contributed by atoms with Gasteiger partial charge in [0, 0.05) is 6.07 Å². The standard InChI is InChI=1S/C14H21N3O/c1-3-4-5-6-7-11(2)18-14-9-8-12(16)13(10-15)17-14/h8-9,11H,3-7,16H2,1-2H3. The third-order valence-electron chi connectivity index (χ3n) is 2.79. The summed E-state index contributed by atoms with van der Waals surface area (Å²) in [4.78, 5) is 4.07. The summed E-state index contributed by atoms with van der Waals surface area (Å²) in [6.45, 7) is 4.22. The number of ether oxygens (including phenoxy) is 1. The molecule has 0 aromatic carbocycles. The molecule has 0 spiro atoms. The maximum Gasteiger partial charge on any atom is 0.214 e. The molecule has 0 radical (unpaired) electrons. The van der Waals surface area contributed by atoms with E-state index in [4.69, 9.17) is 15.7 Å². The molecule has 98 valence electrons. The van der Waals surface area contributed by atoms with Gasteiger partial charge in [-0.05, 0) is 25.8 Å². The molecular weight excluding hydrogens is 226 g/mol. The quantitative estimate of drug-likeness (QED) is 0.750. The minimum atomic E-state index is 0.115. The van der Waals surface area contributed by atoms with E-state index in [1.165, 1.54) is 19.3 Å². The highest BCUT2D eigenvalue weighted by atomic mass is 16.5. The molecule has 0 saturated heterocycles. The number of hydrogen-bond acceptors (Lipinski definition) is 4. The Labute approximate surface area is 109 Å². The summed E-state index contributed by atoms with van der Waals surface area (Å²) in [5, 5.41) is 8.83. The number of unbranched alkanes of at least 4 members (excludes halogenated alkanes) is 3. The lowest BCUT2D eigenvalue weighted by Crippen LogP contribution is -2.13. The molecule has 1 heterocycles. The normalized spacial score (nSPS) is 11.8. The number of pyridine rings is 1. The lowest BCUT2D eigenvalue weighted by atomic mass is 10.1. The van der Waals surface area contributed by atoms with Crippen molar-refractivity contribution in [2.24, 2.45) is 0 Å². The molecule has 0 bridgehead atoms. The van der Waals surface area contributed by atoms with Crippen LogP contribution in [0.15, 0.2) is 12.1 Å². The first-order valence-corrected chi connectivity index (χ1v) is 6.50. The van der Waals surface area contributed by atoms with E-state index >= 15 is 0 Å². The van der Waals surface area contributed by atoms with E-state index < -0.39 is 0 Å². The molecule has 0 aliphatic rings. The lowest BCUT2D eigenvalue weighted by molar-refractivity contribution is 0.198. The van der Waals surface area contributed by atoms with Crippen molar-refractivity contribution in [3.8, 4) is 11.9 Å². The number of nitrogens with two attached hydrogens (primary N) is 1. The van der Waals surface area contributed by atoms with Gasteiger partial charge in [0.2, 0.25) is 5.88 Å². The van der Waals surface area contributed by atoms with Crippen LogP contribution in [0, 0.1) is 11.3 Å². The topological polar surface area (TPSA) is 71.9 Å². The summed E-state index contributed by atoms with van der Waals surface area (Å²) in [6, 6.07) is 5.32. The summed E-state index contributed by atoms with van der Waals surface area (Å²) in [7, 11) is 0. The van der Waals surface area contributed by atoms with E-state index in [0.717, 1.165) is 12.8 Å². The molecule has 1 rings (SSSR count). The largest absolute Gasteiger partial charge is 0.475 e. The highest BCUT2D eigenvalue weighted by Crippen LogP contribution is 2.17. The molecule has 0 aliphatic heterocycles. The van der Waals surface area contributed by atoms with Crippen molar-refractivity contribution in [3.63, 3.8) is 0 Å². The lowest BCUT2D eigenvalue weighted by Gasteiger charge is -2.14. The van der Waals surface area contributed by atoms with E-state index in [1.54, 1.807) is 12.1 Å². The third kappa shape index (κ3) is 4.62. The van der Waals surface area contributed by atoms with Gasteiger partial charge in [-0.15, -0.1) is 0 Å². The molecule has 4 nitrogen and oxygen atoms in total. The van der Waals surface area contributed by atoms with Crippen LogP contribution in [0.2, 0.25) is 0 Å². The Balaban J connectivity index is 2.44. The van der Waals surface area contributed by atoms with Gasteiger partial charge in [0.15, 0.2) is 5.69 Å². The minimum absolute atomic E-state index is 0.115. The molecule has 0 amide bonds. The van der Waals surface area contributed by atoms with E-state index in [9.17, 15) is 0 Å². The molecule has 18 heavy (non-hydrogen) atoms. The van der Waals surface area contributed by atoms with Crippen molar-refractivity contribution in [2.75, 3.05) is 5.73 Å². The average Bonchev–Trinajstić information content (AvgIpc) is 2.37. The van der Waals surface area contributed by atoms with Gasteiger partial charge in [-0.2, -0.15) is 5.26 Å². The maximum absolute atomic E-state index is 8.83. The number of anilines is 1. The van der Waals surface area contributed by atoms with Crippen LogP contribution in [0.5, 0.6) is 5.88 Å². The fourth-order valence-electron chi connectivity index (χ4n) is 1.73. The van der Waals surface area contributed by atoms with Crippen LogP contribution < -0.4 is 10.5 Å². The third-order valence-corrected chi connectivity index (χ3v) is 2.79. The fourth-order valence-corrected chi connectivity index (χ4v) is 1.73. The second-order valence-electron chi connectivity index (χ2n) is 4.48. The summed E-state index contributed by atoms with van der Waals surface area (Å²) >= 11 is 0. The van der Waals surface area contributed by atoms with Gasteiger partial charge >= 0.3 is 0 Å². The Morgan fingerprint density at radius 3 is 2.83 bits per heavy atom. The SMILES string of the molecule is CCCCCCC(C)Oc1ccc(N)c(C#N)n1. The van der Waals surface area contributed by atoms with Crippen LogP contribution in [-0.2, 0) is 0 Å². The minimum Gasteiger partial charge on any atom is -0.475 e. The number of rotatable bonds is 7. The molecule has 2 N–H and O–H groups in total. The van der Waals surface area contributed by atoms with Gasteiger partial charge in [0.05, 0.1) is 11.8 Å². The first-order chi connectivity index (χ1) is 8.67. The van der Waals surface area contributed by atoms with Crippen molar-refractivity contribution in [2.45, 2.75) is 52.1 Å². The molecule has 1 aromatic rings. The van der Waals surface area contributed by atoms with E-state index in [0.29, 0.717) is 11.6 Å². The van der Waals surface area contributed by atoms with Crippen molar-refractivity contribution in [3.05, 3.63) is 17.8 Å². The number of nitriles is 1. The van der Waals surface area contributed by atoms with Crippen molar-refractivity contribution in [1.82, 2.24) is 4.98 Å². The number of nitrogens with zero attached hydrogens (tertiary/aromatic N) is 2. The van der Waals surface area contributed by atoms with Gasteiger partial charge in [0.1, 0.15) is 6.07 Å². The first kappa shape index (κ1) is 14.3. The van der Waals surface area contributed by atoms with Crippen LogP contribution in [-0.4, -0.2) is 11.1 Å². The van der Waals surface area contributed by atoms with E-state index in [2.05, 4.69) is 11.9 Å². The second-order valence-corrected chi connectivity index (χ2v) is 4.48. The zero-order chi connectivity index (χ0) is 13.4. The van der Waals surface area contributed by atoms with Gasteiger partial charge in [-0.1, -0.05) is 26.2 Å². The zero-order valence-electron chi connectivity index (χ0n) is 11.1. The predicted octanol–water partition coefficient (Wildman–Crippen LogP) is 3.27. The molecule has 0 saturated carbocycles. The highest BCUT2D eigenvalue weighted by Gasteiger charge is 2.07. The number of aromatic nitrogens is 1. The van der Waals surface area contributed by atoms with Crippen LogP contribution in [0.4, 0.5) is 5.69 Å². The Hall–Kier alpha value is -1.76. The average molecular weight is 247 g/mol. The van der Waals surface area contributed by atoms with Crippen LogP contribution in [0.25, 0.3) is 0 Å². The monoisotopic (exact) mass is 247 g/mol. The number of hydrogen-bond donors (Lipinski definition) is 1. The Bertz CT molecular complexity index is 412. The van der Waals surface area contributed by atoms with E-state index in [-0.39, 0.29) is 11.8 Å². The van der Waals surface area contributed by atoms with Crippen molar-refractivity contribution >= 4 is 5.69 Å². The molecule has 1 aromatic heterocycles. The molecule has 1 atom stereocenters. The summed E-state index contributed by atoms with van der Waals surface area (Å²) in [6.07, 6.45) is 6.03. The van der Waals surface area contributed by atoms with Crippen LogP contribution in [0.1, 0.15) is 51.6 Å². The van der Waals surface area contributed by atoms with Crippen LogP contribution in [0.3, 0.4) is 0 Å². The van der Waals surface area contributed by atoms with Gasteiger partial charge in [0.25, 0.3) is 0 Å². The Morgan fingerprint density at radius 2 is 2.17 bits per heavy atom. The zero-order valence-corrected chi connectivity index (χ0v) is 11.1. The molecule has 4 heteroatoms. The van der Waals surface area contributed by atoms with Crippen molar-refractivity contribution < 1.29 is 4.74 Å². The Kier molecular flexibility index (Phi) is 5.99. The second kappa shape index (κ2) is 7.54. The van der Waals surface area contributed by atoms with Gasteiger partial charge < -0.3 is 10.5 Å². The molecule has 0 aliphatic carbocycles. The summed E-state index contributed by atoms with van der Waals surface area (Å²) < 4.78 is 5.67. The van der Waals surface area contributed by atoms with Gasteiger partial charge in [-0.25, -0.2) is 4.98 Å². The van der Waals surface area contributed by atoms with E-state index in [1.807, 2.05) is 13.0 Å². The highest BCUT2D eigenvalue weighted by molar-refractivity contribution is 5.50. The summed E-state index contributed by atoms with van der Waals surface area (Å²) in [5.74, 6) is 0.476. The predicted molar refractivity (Wildman–Crippen MR) is 72.2 cm³/mol. The summed E-state index contributed by atoms with van der Waals surface area (Å²) in [5.41, 5.74) is 6.22. The molecule has 0 fully saturated rings. The van der Waals surface area contributed by atoms with Crippen molar-refractivity contribution in [1.29, 1.82) is 5.26 Å². The molecule has 1 unspecified atom stereocenters.